The zero-order chi connectivity index (χ0) is 61.8. The SMILES string of the molecule is COc1ccc(C2CCN(C(=O)CC(C)(C)C)CC2)c(N2CCC(COc3cc(C(CC(=O)O)C4CC4)ccn3)CC2)c1.COc1ccc(CN(C(=O)C(C)C)c2cccc(C)n2)c(N2CCC(COc3cc(C(CC(=O)O)C4CC4)ccn3)CC2)c1. The lowest BCUT2D eigenvalue weighted by molar-refractivity contribution is -0.138. The molecule has 2 aliphatic carbocycles. The minimum atomic E-state index is -0.766. The topological polar surface area (TPSA) is 197 Å². The fourth-order valence-corrected chi connectivity index (χ4v) is 12.8. The molecule has 2 unspecified atom stereocenters. The van der Waals surface area contributed by atoms with Crippen LogP contribution in [0.2, 0.25) is 0 Å². The highest BCUT2D eigenvalue weighted by Gasteiger charge is 2.36. The fraction of sp³-hybridized carbons (Fsp3) is 0.557. The van der Waals surface area contributed by atoms with E-state index in [0.29, 0.717) is 73.3 Å². The van der Waals surface area contributed by atoms with Crippen molar-refractivity contribution in [1.29, 1.82) is 0 Å². The summed E-state index contributed by atoms with van der Waals surface area (Å²) in [5.74, 6) is 4.30. The number of aliphatic carboxylic acids is 2. The van der Waals surface area contributed by atoms with Gasteiger partial charge < -0.3 is 43.9 Å². The third-order valence-electron chi connectivity index (χ3n) is 18.1. The first kappa shape index (κ1) is 64.1. The molecule has 3 aliphatic heterocycles. The summed E-state index contributed by atoms with van der Waals surface area (Å²) in [4.78, 5) is 71.2. The van der Waals surface area contributed by atoms with Gasteiger partial charge in [-0.2, -0.15) is 0 Å². The number of benzene rings is 2. The van der Waals surface area contributed by atoms with Crippen LogP contribution in [0, 0.1) is 41.9 Å². The number of carboxylic acid groups (broad SMARTS) is 2. The molecule has 5 fully saturated rings. The molecule has 17 nitrogen and oxygen atoms in total. The van der Waals surface area contributed by atoms with Crippen LogP contribution in [0.25, 0.3) is 0 Å². The number of piperidine rings is 3. The number of carbonyl (C=O) groups excluding carboxylic acids is 2. The van der Waals surface area contributed by atoms with Crippen LogP contribution in [-0.4, -0.2) is 121 Å². The molecule has 10 rings (SSSR count). The second-order valence-corrected chi connectivity index (χ2v) is 26.4. The maximum atomic E-state index is 13.3. The number of carboxylic acids is 2. The highest BCUT2D eigenvalue weighted by Crippen LogP contribution is 2.47. The Labute approximate surface area is 515 Å². The molecule has 468 valence electrons. The average molecular weight is 1190 g/mol. The van der Waals surface area contributed by atoms with Crippen molar-refractivity contribution in [1.82, 2.24) is 19.9 Å². The minimum Gasteiger partial charge on any atom is -0.497 e. The van der Waals surface area contributed by atoms with Crippen molar-refractivity contribution in [2.75, 3.05) is 81.4 Å². The largest absolute Gasteiger partial charge is 0.497 e. The Kier molecular flexibility index (Phi) is 21.7. The van der Waals surface area contributed by atoms with Gasteiger partial charge in [-0.25, -0.2) is 15.0 Å². The smallest absolute Gasteiger partial charge is 0.303 e. The second-order valence-electron chi connectivity index (χ2n) is 26.4. The first-order valence-corrected chi connectivity index (χ1v) is 31.8. The lowest BCUT2D eigenvalue weighted by atomic mass is 9.86. The van der Waals surface area contributed by atoms with E-state index in [4.69, 9.17) is 18.9 Å². The van der Waals surface area contributed by atoms with Crippen LogP contribution in [0.15, 0.2) is 91.3 Å². The van der Waals surface area contributed by atoms with E-state index < -0.39 is 11.9 Å². The molecule has 0 spiro atoms. The Hall–Kier alpha value is -7.43. The first-order chi connectivity index (χ1) is 41.8. The summed E-state index contributed by atoms with van der Waals surface area (Å²) in [7, 11) is 3.39. The number of rotatable bonds is 24. The molecule has 87 heavy (non-hydrogen) atoms. The molecular formula is C70H93N7O10. The van der Waals surface area contributed by atoms with Crippen molar-refractivity contribution in [3.63, 3.8) is 0 Å². The quantitative estimate of drug-likeness (QED) is 0.0591. The molecule has 2 N–H and O–H groups in total. The summed E-state index contributed by atoms with van der Waals surface area (Å²) >= 11 is 0. The van der Waals surface area contributed by atoms with Gasteiger partial charge in [0.25, 0.3) is 0 Å². The molecule has 2 aromatic carbocycles. The highest BCUT2D eigenvalue weighted by molar-refractivity contribution is 5.94. The number of hydrogen-bond acceptors (Lipinski definition) is 13. The summed E-state index contributed by atoms with van der Waals surface area (Å²) in [5.41, 5.74) is 7.65. The molecule has 17 heteroatoms. The van der Waals surface area contributed by atoms with Crippen LogP contribution in [0.3, 0.4) is 0 Å². The lowest BCUT2D eigenvalue weighted by Crippen LogP contribution is -2.40. The van der Waals surface area contributed by atoms with Crippen LogP contribution in [0.1, 0.15) is 164 Å². The van der Waals surface area contributed by atoms with Crippen molar-refractivity contribution in [2.45, 2.75) is 149 Å². The van der Waals surface area contributed by atoms with Crippen molar-refractivity contribution < 1.29 is 48.3 Å². The monoisotopic (exact) mass is 1190 g/mol. The van der Waals surface area contributed by atoms with Gasteiger partial charge in [-0.15, -0.1) is 0 Å². The van der Waals surface area contributed by atoms with E-state index in [9.17, 15) is 29.4 Å². The van der Waals surface area contributed by atoms with E-state index >= 15 is 0 Å². The third-order valence-corrected chi connectivity index (χ3v) is 18.1. The second kappa shape index (κ2) is 29.5. The first-order valence-electron chi connectivity index (χ1n) is 31.8. The van der Waals surface area contributed by atoms with Crippen molar-refractivity contribution in [2.24, 2.45) is 35.0 Å². The number of pyridine rings is 3. The summed E-state index contributed by atoms with van der Waals surface area (Å²) in [5, 5.41) is 18.8. The Bertz CT molecular complexity index is 3120. The number of nitrogens with zero attached hydrogens (tertiary/aromatic N) is 7. The summed E-state index contributed by atoms with van der Waals surface area (Å²) in [6, 6.07) is 26.1. The fourth-order valence-electron chi connectivity index (χ4n) is 12.8. The zero-order valence-electron chi connectivity index (χ0n) is 52.6. The number of hydrogen-bond donors (Lipinski definition) is 2. The highest BCUT2D eigenvalue weighted by atomic mass is 16.5. The van der Waals surface area contributed by atoms with Gasteiger partial charge in [0.1, 0.15) is 17.3 Å². The Morgan fingerprint density at radius 3 is 1.61 bits per heavy atom. The number of carbonyl (C=O) groups is 4. The molecule has 3 saturated heterocycles. The van der Waals surface area contributed by atoms with Gasteiger partial charge in [0.05, 0.1) is 46.8 Å². The number of anilines is 3. The van der Waals surface area contributed by atoms with Gasteiger partial charge in [-0.1, -0.05) is 52.8 Å². The average Bonchev–Trinajstić information content (AvgIpc) is 3.44. The maximum Gasteiger partial charge on any atom is 0.303 e. The molecule has 5 aliphatic rings. The number of aromatic nitrogens is 3. The number of aryl methyl sites for hydroxylation is 1. The lowest BCUT2D eigenvalue weighted by Gasteiger charge is -2.38. The number of methoxy groups -OCH3 is 2. The molecular weight excluding hydrogens is 1100 g/mol. The van der Waals surface area contributed by atoms with Crippen LogP contribution in [0.5, 0.6) is 23.3 Å². The predicted octanol–water partition coefficient (Wildman–Crippen LogP) is 12.7. The molecule has 5 aromatic rings. The third kappa shape index (κ3) is 18.1. The van der Waals surface area contributed by atoms with Gasteiger partial charge >= 0.3 is 11.9 Å². The number of likely N-dealkylation sites (tertiary alicyclic amines) is 1. The van der Waals surface area contributed by atoms with E-state index in [0.717, 1.165) is 143 Å². The predicted molar refractivity (Wildman–Crippen MR) is 338 cm³/mol. The van der Waals surface area contributed by atoms with Gasteiger partial charge in [-0.05, 0) is 177 Å². The normalized spacial score (nSPS) is 17.6. The Balaban J connectivity index is 0.000000208. The van der Waals surface area contributed by atoms with Crippen LogP contribution >= 0.6 is 0 Å². The number of amides is 2. The van der Waals surface area contributed by atoms with E-state index in [2.05, 4.69) is 80.8 Å². The van der Waals surface area contributed by atoms with Crippen LogP contribution in [-0.2, 0) is 25.7 Å². The Morgan fingerprint density at radius 2 is 1.14 bits per heavy atom. The van der Waals surface area contributed by atoms with Gasteiger partial charge in [0, 0.05) is 105 Å². The summed E-state index contributed by atoms with van der Waals surface area (Å²) in [6.45, 7) is 19.0. The minimum absolute atomic E-state index is 0.00978. The van der Waals surface area contributed by atoms with E-state index in [1.807, 2.05) is 69.3 Å². The summed E-state index contributed by atoms with van der Waals surface area (Å²) in [6.07, 6.45) is 14.7. The van der Waals surface area contributed by atoms with E-state index in [-0.39, 0.29) is 47.8 Å². The van der Waals surface area contributed by atoms with E-state index in [1.165, 1.54) is 11.3 Å². The molecule has 0 radical (unpaired) electrons. The van der Waals surface area contributed by atoms with Crippen LogP contribution in [0.4, 0.5) is 17.2 Å². The van der Waals surface area contributed by atoms with E-state index in [1.54, 1.807) is 31.5 Å². The van der Waals surface area contributed by atoms with Crippen molar-refractivity contribution >= 4 is 40.9 Å². The van der Waals surface area contributed by atoms with Gasteiger partial charge in [-0.3, -0.25) is 24.1 Å². The standard InChI is InChI=1S/C35H44N4O5.C35H49N3O5/c1-23(2)35(42)39(32-7-5-6-24(3)37-32)21-28-10-11-29(43-4)19-31(28)38-16-13-25(14-17-38)22-44-33-18-27(12-15-36-33)30(20-34(40)41)26-8-9-26;1-35(2,3)22-33(39)38-17-12-26(13-18-38)29-8-7-28(42-4)20-31(29)37-15-10-24(11-16-37)23-43-32-19-27(9-14-36-32)30(21-34(40)41)25-5-6-25/h5-7,10-12,15,18-19,23,25-26,30H,8-9,13-14,16-17,20-22H2,1-4H3,(H,40,41);7-9,14,19-20,24-26,30H,5-6,10-13,15-18,21-23H2,1-4H3,(H,40,41). The molecule has 0 bridgehead atoms. The molecule has 2 amide bonds. The molecule has 3 aromatic heterocycles. The van der Waals surface area contributed by atoms with Gasteiger partial charge in [0.15, 0.2) is 0 Å². The van der Waals surface area contributed by atoms with Crippen LogP contribution < -0.4 is 33.6 Å². The molecule has 2 atom stereocenters. The Morgan fingerprint density at radius 1 is 0.632 bits per heavy atom. The van der Waals surface area contributed by atoms with Gasteiger partial charge in [0.2, 0.25) is 23.6 Å². The maximum absolute atomic E-state index is 13.3. The zero-order valence-corrected chi connectivity index (χ0v) is 52.6. The number of ether oxygens (including phenoxy) is 4. The van der Waals surface area contributed by atoms with Crippen molar-refractivity contribution in [3.8, 4) is 23.3 Å². The molecule has 2 saturated carbocycles. The molecule has 6 heterocycles. The van der Waals surface area contributed by atoms with Crippen molar-refractivity contribution in [3.05, 3.63) is 119 Å². The summed E-state index contributed by atoms with van der Waals surface area (Å²) < 4.78 is 23.5.